The zero-order valence-corrected chi connectivity index (χ0v) is 12.2. The number of urea groups is 1. The van der Waals surface area contributed by atoms with Crippen molar-refractivity contribution in [2.75, 3.05) is 11.9 Å². The Balaban J connectivity index is 2.75. The second kappa shape index (κ2) is 7.20. The quantitative estimate of drug-likeness (QED) is 0.652. The van der Waals surface area contributed by atoms with Crippen molar-refractivity contribution in [3.05, 3.63) is 28.0 Å². The highest BCUT2D eigenvalue weighted by atomic mass is 79.9. The summed E-state index contributed by atoms with van der Waals surface area (Å²) in [7, 11) is 0. The molecule has 0 spiro atoms. The normalized spacial score (nSPS) is 11.8. The highest BCUT2D eigenvalue weighted by Gasteiger charge is 2.19. The molecule has 0 unspecified atom stereocenters. The number of aliphatic hydroxyl groups excluding tert-OH is 1. The number of rotatable bonds is 5. The van der Waals surface area contributed by atoms with E-state index < -0.39 is 23.9 Å². The van der Waals surface area contributed by atoms with Crippen LogP contribution in [0.4, 0.5) is 14.9 Å². The van der Waals surface area contributed by atoms with Crippen molar-refractivity contribution in [1.82, 2.24) is 5.32 Å². The summed E-state index contributed by atoms with van der Waals surface area (Å²) in [5.74, 6) is -1.80. The van der Waals surface area contributed by atoms with Crippen LogP contribution in [0.2, 0.25) is 0 Å². The third-order valence-corrected chi connectivity index (χ3v) is 3.14. The maximum atomic E-state index is 13.4. The fraction of sp³-hybridized carbons (Fsp3) is 0.333. The van der Waals surface area contributed by atoms with Gasteiger partial charge in [-0.15, -0.1) is 0 Å². The van der Waals surface area contributed by atoms with Crippen molar-refractivity contribution in [2.45, 2.75) is 19.4 Å². The van der Waals surface area contributed by atoms with Crippen molar-refractivity contribution < 1.29 is 24.2 Å². The number of anilines is 1. The molecule has 0 saturated carbocycles. The molecular formula is C12H14BrFN2O4. The minimum atomic E-state index is -1.26. The Hall–Kier alpha value is -1.67. The lowest BCUT2D eigenvalue weighted by Gasteiger charge is -2.15. The number of nitrogens with one attached hydrogen (secondary N) is 2. The first-order valence-electron chi connectivity index (χ1n) is 5.72. The van der Waals surface area contributed by atoms with Crippen molar-refractivity contribution >= 4 is 33.6 Å². The van der Waals surface area contributed by atoms with Gasteiger partial charge in [0.25, 0.3) is 0 Å². The van der Waals surface area contributed by atoms with Crippen molar-refractivity contribution in [3.8, 4) is 0 Å². The predicted molar refractivity (Wildman–Crippen MR) is 74.1 cm³/mol. The van der Waals surface area contributed by atoms with Gasteiger partial charge in [0.2, 0.25) is 0 Å². The van der Waals surface area contributed by atoms with Crippen molar-refractivity contribution in [3.63, 3.8) is 0 Å². The van der Waals surface area contributed by atoms with E-state index in [0.717, 1.165) is 6.07 Å². The molecule has 8 heteroatoms. The summed E-state index contributed by atoms with van der Waals surface area (Å²) in [5.41, 5.74) is 0.846. The lowest BCUT2D eigenvalue weighted by atomic mass is 10.2. The van der Waals surface area contributed by atoms with Crippen LogP contribution in [0, 0.1) is 12.7 Å². The van der Waals surface area contributed by atoms with E-state index in [1.807, 2.05) is 0 Å². The number of aryl methyl sites for hydroxylation is 1. The molecule has 0 aromatic heterocycles. The van der Waals surface area contributed by atoms with Crippen LogP contribution in [-0.4, -0.2) is 34.9 Å². The number of halogens is 2. The molecular weight excluding hydrogens is 335 g/mol. The van der Waals surface area contributed by atoms with Crippen LogP contribution in [0.1, 0.15) is 12.0 Å². The smallest absolute Gasteiger partial charge is 0.326 e. The first-order chi connectivity index (χ1) is 9.35. The summed E-state index contributed by atoms with van der Waals surface area (Å²) >= 11 is 3.02. The van der Waals surface area contributed by atoms with Gasteiger partial charge in [-0.25, -0.2) is 14.0 Å². The zero-order valence-electron chi connectivity index (χ0n) is 10.6. The molecule has 20 heavy (non-hydrogen) atoms. The van der Waals surface area contributed by atoms with E-state index in [9.17, 15) is 14.0 Å². The van der Waals surface area contributed by atoms with E-state index >= 15 is 0 Å². The second-order valence-electron chi connectivity index (χ2n) is 4.08. The van der Waals surface area contributed by atoms with Crippen LogP contribution in [0.25, 0.3) is 0 Å². The van der Waals surface area contributed by atoms with Crippen LogP contribution >= 0.6 is 15.9 Å². The van der Waals surface area contributed by atoms with Gasteiger partial charge in [-0.2, -0.15) is 0 Å². The van der Waals surface area contributed by atoms with E-state index in [-0.39, 0.29) is 23.2 Å². The van der Waals surface area contributed by atoms with Gasteiger partial charge in [-0.05, 0) is 40.5 Å². The van der Waals surface area contributed by atoms with Gasteiger partial charge in [0, 0.05) is 18.7 Å². The third kappa shape index (κ3) is 4.46. The number of benzene rings is 1. The summed E-state index contributed by atoms with van der Waals surface area (Å²) < 4.78 is 13.6. The first-order valence-corrected chi connectivity index (χ1v) is 6.51. The Kier molecular flexibility index (Phi) is 5.90. The highest BCUT2D eigenvalue weighted by molar-refractivity contribution is 9.10. The molecule has 4 N–H and O–H groups in total. The molecule has 0 aliphatic carbocycles. The molecule has 2 amide bonds. The Labute approximate surface area is 123 Å². The van der Waals surface area contributed by atoms with Gasteiger partial charge in [-0.1, -0.05) is 0 Å². The molecule has 0 aliphatic rings. The number of carbonyl (C=O) groups is 2. The Morgan fingerprint density at radius 2 is 2.10 bits per heavy atom. The maximum Gasteiger partial charge on any atom is 0.326 e. The number of hydrogen-bond acceptors (Lipinski definition) is 3. The van der Waals surface area contributed by atoms with Gasteiger partial charge >= 0.3 is 12.0 Å². The second-order valence-corrected chi connectivity index (χ2v) is 4.94. The average molecular weight is 349 g/mol. The van der Waals surface area contributed by atoms with Crippen LogP contribution in [-0.2, 0) is 4.79 Å². The van der Waals surface area contributed by atoms with Crippen LogP contribution in [0.5, 0.6) is 0 Å². The minimum absolute atomic E-state index is 0.115. The predicted octanol–water partition coefficient (Wildman–Crippen LogP) is 1.85. The summed E-state index contributed by atoms with van der Waals surface area (Å²) in [6, 6.07) is 0.630. The number of hydrogen-bond donors (Lipinski definition) is 4. The average Bonchev–Trinajstić information content (AvgIpc) is 2.35. The number of aliphatic hydroxyl groups is 1. The summed E-state index contributed by atoms with van der Waals surface area (Å²) in [6.45, 7) is 1.30. The van der Waals surface area contributed by atoms with E-state index in [4.69, 9.17) is 10.2 Å². The lowest BCUT2D eigenvalue weighted by molar-refractivity contribution is -0.139. The Bertz CT molecular complexity index is 524. The van der Waals surface area contributed by atoms with E-state index in [0.29, 0.717) is 5.56 Å². The molecule has 1 aromatic rings. The number of aliphatic carboxylic acids is 1. The molecule has 0 fully saturated rings. The Morgan fingerprint density at radius 1 is 1.45 bits per heavy atom. The number of carbonyl (C=O) groups excluding carboxylic acids is 1. The lowest BCUT2D eigenvalue weighted by Crippen LogP contribution is -2.43. The topological polar surface area (TPSA) is 98.7 Å². The molecule has 0 radical (unpaired) electrons. The number of amides is 2. The zero-order chi connectivity index (χ0) is 15.3. The van der Waals surface area contributed by atoms with E-state index in [2.05, 4.69) is 26.6 Å². The number of carboxylic acid groups (broad SMARTS) is 1. The molecule has 0 aliphatic heterocycles. The van der Waals surface area contributed by atoms with E-state index in [1.54, 1.807) is 6.92 Å². The fourth-order valence-corrected chi connectivity index (χ4v) is 1.94. The van der Waals surface area contributed by atoms with Crippen LogP contribution in [0.3, 0.4) is 0 Å². The van der Waals surface area contributed by atoms with Gasteiger partial charge in [0.15, 0.2) is 0 Å². The minimum Gasteiger partial charge on any atom is -0.480 e. The molecule has 6 nitrogen and oxygen atoms in total. The van der Waals surface area contributed by atoms with Gasteiger partial charge < -0.3 is 20.8 Å². The fourth-order valence-electron chi connectivity index (χ4n) is 1.48. The highest BCUT2D eigenvalue weighted by Crippen LogP contribution is 2.23. The molecule has 0 heterocycles. The van der Waals surface area contributed by atoms with Gasteiger partial charge in [-0.3, -0.25) is 0 Å². The van der Waals surface area contributed by atoms with Gasteiger partial charge in [0.1, 0.15) is 11.9 Å². The summed E-state index contributed by atoms with van der Waals surface area (Å²) in [5, 5.41) is 22.1. The molecule has 1 aromatic carbocycles. The van der Waals surface area contributed by atoms with Crippen molar-refractivity contribution in [1.29, 1.82) is 0 Å². The van der Waals surface area contributed by atoms with Crippen molar-refractivity contribution in [2.24, 2.45) is 0 Å². The Morgan fingerprint density at radius 3 is 2.65 bits per heavy atom. The third-order valence-electron chi connectivity index (χ3n) is 2.54. The standard InChI is InChI=1S/C12H14BrFN2O4/c1-6-4-7(13)8(14)5-10(6)16-12(20)15-9(2-3-17)11(18)19/h4-5,9,17H,2-3H2,1H3,(H,18,19)(H2,15,16,20)/t9-/m1/s1. The molecule has 110 valence electrons. The van der Waals surface area contributed by atoms with E-state index in [1.165, 1.54) is 6.07 Å². The van der Waals surface area contributed by atoms with Gasteiger partial charge in [0.05, 0.1) is 4.47 Å². The molecule has 1 rings (SSSR count). The molecule has 0 bridgehead atoms. The largest absolute Gasteiger partial charge is 0.480 e. The summed E-state index contributed by atoms with van der Waals surface area (Å²) in [4.78, 5) is 22.5. The summed E-state index contributed by atoms with van der Waals surface area (Å²) in [6.07, 6.45) is -0.115. The molecule has 0 saturated heterocycles. The van der Waals surface area contributed by atoms with Crippen LogP contribution < -0.4 is 10.6 Å². The van der Waals surface area contributed by atoms with Crippen LogP contribution in [0.15, 0.2) is 16.6 Å². The number of carboxylic acids is 1. The SMILES string of the molecule is Cc1cc(Br)c(F)cc1NC(=O)N[C@H](CCO)C(=O)O. The molecule has 1 atom stereocenters. The monoisotopic (exact) mass is 348 g/mol. The maximum absolute atomic E-state index is 13.4. The first kappa shape index (κ1) is 16.4.